The smallest absolute Gasteiger partial charge is 0.410 e. The molecule has 0 unspecified atom stereocenters. The Kier molecular flexibility index (Phi) is 6.94. The zero-order chi connectivity index (χ0) is 23.6. The van der Waals surface area contributed by atoms with E-state index in [0.29, 0.717) is 29.6 Å². The molecule has 176 valence electrons. The number of ether oxygens (including phenoxy) is 2. The van der Waals surface area contributed by atoms with Crippen LogP contribution >= 0.6 is 11.6 Å². The Balaban J connectivity index is 1.32. The van der Waals surface area contributed by atoms with Gasteiger partial charge >= 0.3 is 6.09 Å². The number of Topliss-reactive ketones (excluding diaryl/α,β-unsaturated/α-hetero) is 1. The lowest BCUT2D eigenvalue weighted by molar-refractivity contribution is 0.0203. The molecule has 7 heteroatoms. The van der Waals surface area contributed by atoms with E-state index in [4.69, 9.17) is 26.1 Å². The number of benzene rings is 1. The Hall–Kier alpha value is -2.60. The van der Waals surface area contributed by atoms with Gasteiger partial charge in [0.2, 0.25) is 5.88 Å². The molecule has 0 N–H and O–H groups in total. The van der Waals surface area contributed by atoms with E-state index in [1.54, 1.807) is 11.0 Å². The van der Waals surface area contributed by atoms with E-state index in [0.717, 1.165) is 36.9 Å². The molecule has 0 atom stereocenters. The first-order valence-electron chi connectivity index (χ1n) is 11.6. The zero-order valence-electron chi connectivity index (χ0n) is 19.5. The van der Waals surface area contributed by atoms with Crippen molar-refractivity contribution in [3.63, 3.8) is 0 Å². The van der Waals surface area contributed by atoms with Crippen molar-refractivity contribution in [1.82, 2.24) is 9.88 Å². The van der Waals surface area contributed by atoms with E-state index in [2.05, 4.69) is 0 Å². The first-order valence-corrected chi connectivity index (χ1v) is 12.0. The number of carbonyl (C=O) groups is 2. The lowest BCUT2D eigenvalue weighted by atomic mass is 9.93. The van der Waals surface area contributed by atoms with Crippen molar-refractivity contribution in [2.24, 2.45) is 5.92 Å². The lowest BCUT2D eigenvalue weighted by Crippen LogP contribution is -2.41. The van der Waals surface area contributed by atoms with Gasteiger partial charge in [-0.15, -0.1) is 0 Å². The molecular formula is C26H31ClN2O4. The van der Waals surface area contributed by atoms with Crippen LogP contribution in [0.3, 0.4) is 0 Å². The number of likely N-dealkylation sites (tertiary alicyclic amines) is 1. The summed E-state index contributed by atoms with van der Waals surface area (Å²) in [6.45, 7) is 7.21. The van der Waals surface area contributed by atoms with Crippen LogP contribution in [0, 0.1) is 5.92 Å². The van der Waals surface area contributed by atoms with Crippen molar-refractivity contribution < 1.29 is 19.1 Å². The van der Waals surface area contributed by atoms with Gasteiger partial charge in [0.1, 0.15) is 12.2 Å². The highest BCUT2D eigenvalue weighted by Crippen LogP contribution is 2.34. The van der Waals surface area contributed by atoms with Gasteiger partial charge in [0.25, 0.3) is 0 Å². The van der Waals surface area contributed by atoms with Gasteiger partial charge in [0, 0.05) is 52.8 Å². The van der Waals surface area contributed by atoms with Gasteiger partial charge < -0.3 is 14.4 Å². The quantitative estimate of drug-likeness (QED) is 0.483. The second kappa shape index (κ2) is 9.72. The summed E-state index contributed by atoms with van der Waals surface area (Å²) >= 11 is 6.40. The van der Waals surface area contributed by atoms with Gasteiger partial charge in [-0.3, -0.25) is 4.79 Å². The van der Waals surface area contributed by atoms with Crippen molar-refractivity contribution in [1.29, 1.82) is 0 Å². The van der Waals surface area contributed by atoms with Gasteiger partial charge in [-0.25, -0.2) is 9.78 Å². The first-order chi connectivity index (χ1) is 15.7. The summed E-state index contributed by atoms with van der Waals surface area (Å²) < 4.78 is 11.4. The fourth-order valence-corrected chi connectivity index (χ4v) is 4.21. The maximum absolute atomic E-state index is 12.3. The van der Waals surface area contributed by atoms with Crippen molar-refractivity contribution in [2.45, 2.75) is 64.6 Å². The summed E-state index contributed by atoms with van der Waals surface area (Å²) in [6, 6.07) is 11.2. The van der Waals surface area contributed by atoms with Crippen molar-refractivity contribution in [2.75, 3.05) is 13.1 Å². The van der Waals surface area contributed by atoms with Gasteiger partial charge in [0.15, 0.2) is 5.78 Å². The fourth-order valence-electron chi connectivity index (χ4n) is 3.97. The Morgan fingerprint density at radius 2 is 1.82 bits per heavy atom. The predicted octanol–water partition coefficient (Wildman–Crippen LogP) is 6.02. The van der Waals surface area contributed by atoms with Crippen LogP contribution in [-0.4, -0.2) is 40.5 Å². The molecule has 4 rings (SSSR count). The molecule has 1 aliphatic heterocycles. The van der Waals surface area contributed by atoms with Crippen LogP contribution in [0.1, 0.15) is 74.0 Å². The minimum Gasteiger partial charge on any atom is -0.473 e. The number of hydrogen-bond acceptors (Lipinski definition) is 5. The zero-order valence-corrected chi connectivity index (χ0v) is 20.2. The SMILES string of the molecule is CC(C)(C)OC(=O)N1CCC(c2cccc(OCc3ccc(C(=O)C4CC4)cc3Cl)n2)CC1. The van der Waals surface area contributed by atoms with Crippen molar-refractivity contribution >= 4 is 23.5 Å². The molecule has 0 radical (unpaired) electrons. The third-order valence-corrected chi connectivity index (χ3v) is 6.32. The number of aromatic nitrogens is 1. The summed E-state index contributed by atoms with van der Waals surface area (Å²) in [5, 5.41) is 0.534. The monoisotopic (exact) mass is 470 g/mol. The van der Waals surface area contributed by atoms with E-state index < -0.39 is 5.60 Å². The Morgan fingerprint density at radius 1 is 1.09 bits per heavy atom. The van der Waals surface area contributed by atoms with Crippen LogP contribution in [0.4, 0.5) is 4.79 Å². The number of ketones is 1. The Bertz CT molecular complexity index is 1020. The third kappa shape index (κ3) is 6.26. The largest absolute Gasteiger partial charge is 0.473 e. The van der Waals surface area contributed by atoms with Crippen LogP contribution in [0.5, 0.6) is 5.88 Å². The standard InChI is InChI=1S/C26H31ClN2O4/c1-26(2,3)33-25(31)29-13-11-17(12-14-29)22-5-4-6-23(28-22)32-16-20-10-9-19(15-21(20)27)24(30)18-7-8-18/h4-6,9-10,15,17-18H,7-8,11-14,16H2,1-3H3. The van der Waals surface area contributed by atoms with Crippen LogP contribution in [0.25, 0.3) is 0 Å². The molecule has 2 aliphatic rings. The van der Waals surface area contributed by atoms with E-state index in [1.165, 1.54) is 0 Å². The molecule has 33 heavy (non-hydrogen) atoms. The second-order valence-corrected chi connectivity index (χ2v) is 10.3. The number of rotatable bonds is 6. The fraction of sp³-hybridized carbons (Fsp3) is 0.500. The summed E-state index contributed by atoms with van der Waals surface area (Å²) in [6.07, 6.45) is 3.36. The van der Waals surface area contributed by atoms with Crippen molar-refractivity contribution in [3.8, 4) is 5.88 Å². The number of carbonyl (C=O) groups excluding carboxylic acids is 2. The van der Waals surface area contributed by atoms with Gasteiger partial charge in [0.05, 0.1) is 0 Å². The van der Waals surface area contributed by atoms with Crippen LogP contribution in [0.15, 0.2) is 36.4 Å². The summed E-state index contributed by atoms with van der Waals surface area (Å²) in [5.74, 6) is 1.15. The minimum atomic E-state index is -0.489. The molecule has 1 amide bonds. The number of hydrogen-bond donors (Lipinski definition) is 0. The molecule has 6 nitrogen and oxygen atoms in total. The summed E-state index contributed by atoms with van der Waals surface area (Å²) in [4.78, 5) is 31.0. The number of amides is 1. The molecule has 2 fully saturated rings. The average Bonchev–Trinajstić information content (AvgIpc) is 3.62. The number of nitrogens with zero attached hydrogens (tertiary/aromatic N) is 2. The average molecular weight is 471 g/mol. The van der Waals surface area contributed by atoms with Crippen LogP contribution < -0.4 is 4.74 Å². The molecule has 0 spiro atoms. The maximum Gasteiger partial charge on any atom is 0.410 e. The highest BCUT2D eigenvalue weighted by molar-refractivity contribution is 6.31. The maximum atomic E-state index is 12.3. The normalized spacial score (nSPS) is 17.0. The molecule has 1 aliphatic carbocycles. The summed E-state index contributed by atoms with van der Waals surface area (Å²) in [7, 11) is 0. The van der Waals surface area contributed by atoms with E-state index in [9.17, 15) is 9.59 Å². The Morgan fingerprint density at radius 3 is 2.45 bits per heavy atom. The second-order valence-electron chi connectivity index (χ2n) is 9.88. The lowest BCUT2D eigenvalue weighted by Gasteiger charge is -2.33. The highest BCUT2D eigenvalue weighted by Gasteiger charge is 2.31. The molecule has 1 aromatic heterocycles. The van der Waals surface area contributed by atoms with Gasteiger partial charge in [-0.2, -0.15) is 0 Å². The predicted molar refractivity (Wildman–Crippen MR) is 127 cm³/mol. The molecule has 2 aromatic rings. The van der Waals surface area contributed by atoms with E-state index in [-0.39, 0.29) is 30.3 Å². The third-order valence-electron chi connectivity index (χ3n) is 5.97. The Labute approximate surface area is 200 Å². The van der Waals surface area contributed by atoms with Gasteiger partial charge in [-0.05, 0) is 58.6 Å². The topological polar surface area (TPSA) is 68.7 Å². The molecular weight excluding hydrogens is 440 g/mol. The molecule has 0 bridgehead atoms. The summed E-state index contributed by atoms with van der Waals surface area (Å²) in [5.41, 5.74) is 1.97. The number of halogens is 1. The van der Waals surface area contributed by atoms with E-state index in [1.807, 2.05) is 51.1 Å². The van der Waals surface area contributed by atoms with Gasteiger partial charge in [-0.1, -0.05) is 29.8 Å². The highest BCUT2D eigenvalue weighted by atomic mass is 35.5. The van der Waals surface area contributed by atoms with Crippen LogP contribution in [0.2, 0.25) is 5.02 Å². The minimum absolute atomic E-state index is 0.172. The number of piperidine rings is 1. The molecule has 2 heterocycles. The first kappa shape index (κ1) is 23.6. The van der Waals surface area contributed by atoms with Crippen molar-refractivity contribution in [3.05, 3.63) is 58.2 Å². The molecule has 1 saturated carbocycles. The molecule has 1 aromatic carbocycles. The van der Waals surface area contributed by atoms with E-state index >= 15 is 0 Å². The number of pyridine rings is 1. The van der Waals surface area contributed by atoms with Crippen LogP contribution in [-0.2, 0) is 11.3 Å². The molecule has 1 saturated heterocycles.